The summed E-state index contributed by atoms with van der Waals surface area (Å²) in [6.45, 7) is 0.662. The maximum Gasteiger partial charge on any atom is 0.255 e. The molecule has 1 aliphatic rings. The second-order valence-electron chi connectivity index (χ2n) is 5.05. The molecule has 4 N–H and O–H groups in total. The predicted octanol–water partition coefficient (Wildman–Crippen LogP) is 1.24. The Morgan fingerprint density at radius 2 is 2.00 bits per heavy atom. The van der Waals surface area contributed by atoms with E-state index in [4.69, 9.17) is 5.11 Å². The molecule has 1 aromatic rings. The van der Waals surface area contributed by atoms with Crippen LogP contribution in [0.15, 0.2) is 18.2 Å². The van der Waals surface area contributed by atoms with Gasteiger partial charge in [0, 0.05) is 19.2 Å². The van der Waals surface area contributed by atoms with Crippen molar-refractivity contribution < 1.29 is 20.1 Å². The van der Waals surface area contributed by atoms with E-state index in [-0.39, 0.29) is 35.5 Å². The van der Waals surface area contributed by atoms with Gasteiger partial charge in [0.15, 0.2) is 0 Å². The Balaban J connectivity index is 1.94. The summed E-state index contributed by atoms with van der Waals surface area (Å²) in [6.07, 6.45) is 3.09. The van der Waals surface area contributed by atoms with Gasteiger partial charge >= 0.3 is 0 Å². The normalized spacial score (nSPS) is 22.4. The number of phenolic OH excluding ortho intramolecular Hbond substituents is 2. The molecule has 1 amide bonds. The second kappa shape index (κ2) is 5.93. The lowest BCUT2D eigenvalue weighted by Crippen LogP contribution is -2.31. The molecule has 19 heavy (non-hydrogen) atoms. The zero-order valence-electron chi connectivity index (χ0n) is 10.7. The van der Waals surface area contributed by atoms with Crippen molar-refractivity contribution >= 4 is 5.91 Å². The molecule has 0 aliphatic heterocycles. The summed E-state index contributed by atoms with van der Waals surface area (Å²) < 4.78 is 0. The number of carbonyl (C=O) groups is 1. The number of hydrogen-bond donors (Lipinski definition) is 4. The van der Waals surface area contributed by atoms with Gasteiger partial charge in [-0.15, -0.1) is 0 Å². The lowest BCUT2D eigenvalue weighted by atomic mass is 9.97. The highest BCUT2D eigenvalue weighted by atomic mass is 16.3. The average Bonchev–Trinajstić information content (AvgIpc) is 2.83. The van der Waals surface area contributed by atoms with Crippen LogP contribution in [0.5, 0.6) is 11.5 Å². The molecule has 104 valence electrons. The number of aliphatic hydroxyl groups excluding tert-OH is 1. The molecule has 0 radical (unpaired) electrons. The number of aromatic hydroxyl groups is 2. The van der Waals surface area contributed by atoms with E-state index in [9.17, 15) is 15.0 Å². The summed E-state index contributed by atoms with van der Waals surface area (Å²) in [7, 11) is 0. The highest BCUT2D eigenvalue weighted by molar-refractivity contribution is 5.96. The van der Waals surface area contributed by atoms with Crippen molar-refractivity contribution in [3.05, 3.63) is 23.8 Å². The number of nitrogens with one attached hydrogen (secondary N) is 1. The third-order valence-electron chi connectivity index (χ3n) is 3.80. The maximum atomic E-state index is 11.9. The SMILES string of the molecule is O=C(NCC1CCCC1CO)c1ccc(O)cc1O. The molecule has 0 saturated heterocycles. The summed E-state index contributed by atoms with van der Waals surface area (Å²) in [4.78, 5) is 11.9. The standard InChI is InChI=1S/C14H19NO4/c16-8-10-3-1-2-9(10)7-15-14(19)12-5-4-11(17)6-13(12)18/h4-6,9-10,16-18H,1-3,7-8H2,(H,15,19). The number of aliphatic hydroxyl groups is 1. The largest absolute Gasteiger partial charge is 0.508 e. The summed E-state index contributed by atoms with van der Waals surface area (Å²) in [5, 5.41) is 30.7. The Morgan fingerprint density at radius 1 is 1.26 bits per heavy atom. The summed E-state index contributed by atoms with van der Waals surface area (Å²) in [5.41, 5.74) is 0.149. The van der Waals surface area contributed by atoms with Crippen LogP contribution in [0.2, 0.25) is 0 Å². The maximum absolute atomic E-state index is 11.9. The van der Waals surface area contributed by atoms with Gasteiger partial charge in [-0.05, 0) is 36.8 Å². The van der Waals surface area contributed by atoms with Crippen molar-refractivity contribution in [1.82, 2.24) is 5.32 Å². The van der Waals surface area contributed by atoms with Gasteiger partial charge < -0.3 is 20.6 Å². The number of hydrogen-bond acceptors (Lipinski definition) is 4. The molecule has 1 aliphatic carbocycles. The van der Waals surface area contributed by atoms with E-state index >= 15 is 0 Å². The van der Waals surface area contributed by atoms with E-state index in [0.717, 1.165) is 25.3 Å². The fourth-order valence-corrected chi connectivity index (χ4v) is 2.65. The molecule has 2 unspecified atom stereocenters. The molecular formula is C14H19NO4. The number of carbonyl (C=O) groups excluding carboxylic acids is 1. The minimum Gasteiger partial charge on any atom is -0.508 e. The summed E-state index contributed by atoms with van der Waals surface area (Å²) >= 11 is 0. The van der Waals surface area contributed by atoms with Crippen molar-refractivity contribution in [1.29, 1.82) is 0 Å². The fourth-order valence-electron chi connectivity index (χ4n) is 2.65. The molecule has 0 bridgehead atoms. The zero-order valence-corrected chi connectivity index (χ0v) is 10.7. The van der Waals surface area contributed by atoms with E-state index in [0.29, 0.717) is 12.5 Å². The first-order valence-electron chi connectivity index (χ1n) is 6.53. The van der Waals surface area contributed by atoms with Crippen LogP contribution in [0.4, 0.5) is 0 Å². The number of rotatable bonds is 4. The molecule has 0 spiro atoms. The molecule has 0 aromatic heterocycles. The van der Waals surface area contributed by atoms with Crippen LogP contribution in [0.1, 0.15) is 29.6 Å². The molecule has 2 atom stereocenters. The zero-order chi connectivity index (χ0) is 13.8. The van der Waals surface area contributed by atoms with Gasteiger partial charge in [0.2, 0.25) is 0 Å². The lowest BCUT2D eigenvalue weighted by molar-refractivity contribution is 0.0935. The smallest absolute Gasteiger partial charge is 0.255 e. The van der Waals surface area contributed by atoms with Crippen molar-refractivity contribution in [3.63, 3.8) is 0 Å². The van der Waals surface area contributed by atoms with E-state index in [2.05, 4.69) is 5.32 Å². The van der Waals surface area contributed by atoms with Gasteiger partial charge in [-0.25, -0.2) is 0 Å². The van der Waals surface area contributed by atoms with Crippen LogP contribution in [0.25, 0.3) is 0 Å². The third kappa shape index (κ3) is 3.17. The molecule has 5 nitrogen and oxygen atoms in total. The molecule has 1 fully saturated rings. The van der Waals surface area contributed by atoms with Crippen LogP contribution in [-0.4, -0.2) is 34.4 Å². The van der Waals surface area contributed by atoms with E-state index in [1.165, 1.54) is 12.1 Å². The molecule has 5 heteroatoms. The predicted molar refractivity (Wildman–Crippen MR) is 70.0 cm³/mol. The van der Waals surface area contributed by atoms with Crippen molar-refractivity contribution in [2.45, 2.75) is 19.3 Å². The van der Waals surface area contributed by atoms with E-state index < -0.39 is 0 Å². The van der Waals surface area contributed by atoms with Crippen molar-refractivity contribution in [3.8, 4) is 11.5 Å². The molecule has 1 aromatic carbocycles. The Hall–Kier alpha value is -1.75. The topological polar surface area (TPSA) is 89.8 Å². The second-order valence-corrected chi connectivity index (χ2v) is 5.05. The minimum atomic E-state index is -0.360. The third-order valence-corrected chi connectivity index (χ3v) is 3.80. The Labute approximate surface area is 111 Å². The van der Waals surface area contributed by atoms with Crippen LogP contribution in [0, 0.1) is 11.8 Å². The number of amides is 1. The highest BCUT2D eigenvalue weighted by Gasteiger charge is 2.27. The Morgan fingerprint density at radius 3 is 2.68 bits per heavy atom. The highest BCUT2D eigenvalue weighted by Crippen LogP contribution is 2.30. The van der Waals surface area contributed by atoms with Crippen molar-refractivity contribution in [2.24, 2.45) is 11.8 Å². The minimum absolute atomic E-state index is 0.0785. The van der Waals surface area contributed by atoms with E-state index in [1.54, 1.807) is 0 Å². The van der Waals surface area contributed by atoms with Crippen LogP contribution < -0.4 is 5.32 Å². The van der Waals surface area contributed by atoms with Gasteiger partial charge in [-0.1, -0.05) is 6.42 Å². The fraction of sp³-hybridized carbons (Fsp3) is 0.500. The van der Waals surface area contributed by atoms with Gasteiger partial charge in [0.1, 0.15) is 11.5 Å². The van der Waals surface area contributed by atoms with Gasteiger partial charge in [0.05, 0.1) is 5.56 Å². The average molecular weight is 265 g/mol. The molecule has 0 heterocycles. The van der Waals surface area contributed by atoms with Gasteiger partial charge in [0.25, 0.3) is 5.91 Å². The monoisotopic (exact) mass is 265 g/mol. The van der Waals surface area contributed by atoms with Crippen LogP contribution >= 0.6 is 0 Å². The van der Waals surface area contributed by atoms with Crippen LogP contribution in [-0.2, 0) is 0 Å². The molecule has 2 rings (SSSR count). The quantitative estimate of drug-likeness (QED) is 0.659. The van der Waals surface area contributed by atoms with Crippen molar-refractivity contribution in [2.75, 3.05) is 13.2 Å². The first kappa shape index (κ1) is 13.7. The van der Waals surface area contributed by atoms with Crippen LogP contribution in [0.3, 0.4) is 0 Å². The lowest BCUT2D eigenvalue weighted by Gasteiger charge is -2.18. The first-order valence-corrected chi connectivity index (χ1v) is 6.53. The van der Waals surface area contributed by atoms with Gasteiger partial charge in [-0.2, -0.15) is 0 Å². The number of phenols is 2. The first-order chi connectivity index (χ1) is 9.11. The van der Waals surface area contributed by atoms with E-state index in [1.807, 2.05) is 0 Å². The number of benzene rings is 1. The Kier molecular flexibility index (Phi) is 4.27. The molecule has 1 saturated carbocycles. The Bertz CT molecular complexity index is 461. The molecular weight excluding hydrogens is 246 g/mol. The summed E-state index contributed by atoms with van der Waals surface area (Å²) in [5.74, 6) is -0.115. The van der Waals surface area contributed by atoms with Gasteiger partial charge in [-0.3, -0.25) is 4.79 Å². The summed E-state index contributed by atoms with van der Waals surface area (Å²) in [6, 6.07) is 3.89.